The van der Waals surface area contributed by atoms with Gasteiger partial charge in [0, 0.05) is 6.54 Å². The van der Waals surface area contributed by atoms with E-state index in [1.54, 1.807) is 0 Å². The fourth-order valence-corrected chi connectivity index (χ4v) is 2.60. The van der Waals surface area contributed by atoms with Crippen LogP contribution in [-0.2, 0) is 6.42 Å². The Labute approximate surface area is 106 Å². The van der Waals surface area contributed by atoms with E-state index in [1.807, 2.05) is 0 Å². The van der Waals surface area contributed by atoms with Gasteiger partial charge in [-0.25, -0.2) is 0 Å². The number of nitrogens with one attached hydrogen (secondary N) is 1. The third kappa shape index (κ3) is 4.91. The Bertz CT molecular complexity index is 288. The van der Waals surface area contributed by atoms with E-state index in [1.165, 1.54) is 57.1 Å². The quantitative estimate of drug-likeness (QED) is 0.730. The minimum Gasteiger partial charge on any atom is -0.312 e. The first-order valence-corrected chi connectivity index (χ1v) is 7.04. The Balaban J connectivity index is 1.51. The van der Waals surface area contributed by atoms with E-state index in [4.69, 9.17) is 0 Å². The molecule has 1 radical (unpaired) electrons. The van der Waals surface area contributed by atoms with E-state index in [9.17, 15) is 0 Å². The zero-order valence-electron chi connectivity index (χ0n) is 10.7. The molecule has 1 N–H and O–H groups in total. The zero-order valence-corrected chi connectivity index (χ0v) is 10.7. The Morgan fingerprint density at radius 1 is 1.06 bits per heavy atom. The molecule has 2 rings (SSSR count). The third-order valence-corrected chi connectivity index (χ3v) is 3.71. The number of aryl methyl sites for hydroxylation is 1. The monoisotopic (exact) mass is 230 g/mol. The maximum absolute atomic E-state index is 3.31. The molecule has 1 saturated heterocycles. The SMILES string of the molecule is [CH]1CC(CCCCCc2ccccc2)CCN1. The summed E-state index contributed by atoms with van der Waals surface area (Å²) in [7, 11) is 0. The van der Waals surface area contributed by atoms with Gasteiger partial charge in [-0.2, -0.15) is 0 Å². The van der Waals surface area contributed by atoms with E-state index in [-0.39, 0.29) is 0 Å². The van der Waals surface area contributed by atoms with Gasteiger partial charge in [-0.3, -0.25) is 0 Å². The second-order valence-electron chi connectivity index (χ2n) is 5.13. The Kier molecular flexibility index (Phi) is 5.57. The summed E-state index contributed by atoms with van der Waals surface area (Å²) in [6, 6.07) is 10.8. The molecule has 0 aliphatic carbocycles. The zero-order chi connectivity index (χ0) is 11.8. The number of rotatable bonds is 6. The smallest absolute Gasteiger partial charge is 0.0223 e. The Morgan fingerprint density at radius 2 is 1.94 bits per heavy atom. The number of piperidine rings is 1. The molecule has 0 bridgehead atoms. The van der Waals surface area contributed by atoms with Crippen molar-refractivity contribution < 1.29 is 0 Å². The summed E-state index contributed by atoms with van der Waals surface area (Å²) in [4.78, 5) is 0. The summed E-state index contributed by atoms with van der Waals surface area (Å²) in [5, 5.41) is 3.31. The summed E-state index contributed by atoms with van der Waals surface area (Å²) < 4.78 is 0. The predicted molar refractivity (Wildman–Crippen MR) is 73.6 cm³/mol. The van der Waals surface area contributed by atoms with Gasteiger partial charge in [-0.05, 0) is 43.7 Å². The number of benzene rings is 1. The van der Waals surface area contributed by atoms with E-state index in [0.29, 0.717) is 0 Å². The van der Waals surface area contributed by atoms with Gasteiger partial charge in [0.1, 0.15) is 0 Å². The number of hydrogen-bond donors (Lipinski definition) is 1. The van der Waals surface area contributed by atoms with Crippen molar-refractivity contribution in [3.8, 4) is 0 Å². The van der Waals surface area contributed by atoms with Crippen molar-refractivity contribution in [2.24, 2.45) is 5.92 Å². The van der Waals surface area contributed by atoms with Crippen molar-refractivity contribution in [2.45, 2.75) is 44.9 Å². The van der Waals surface area contributed by atoms with Gasteiger partial charge in [0.2, 0.25) is 0 Å². The summed E-state index contributed by atoms with van der Waals surface area (Å²) >= 11 is 0. The van der Waals surface area contributed by atoms with Crippen molar-refractivity contribution in [1.29, 1.82) is 0 Å². The lowest BCUT2D eigenvalue weighted by Crippen LogP contribution is -2.23. The number of unbranched alkanes of at least 4 members (excludes halogenated alkanes) is 2. The molecule has 0 amide bonds. The molecule has 1 aromatic rings. The van der Waals surface area contributed by atoms with Gasteiger partial charge in [0.25, 0.3) is 0 Å². The van der Waals surface area contributed by atoms with Crippen LogP contribution >= 0.6 is 0 Å². The van der Waals surface area contributed by atoms with Gasteiger partial charge in [0.05, 0.1) is 0 Å². The lowest BCUT2D eigenvalue weighted by molar-refractivity contribution is 0.373. The van der Waals surface area contributed by atoms with Gasteiger partial charge >= 0.3 is 0 Å². The van der Waals surface area contributed by atoms with Crippen molar-refractivity contribution >= 4 is 0 Å². The van der Waals surface area contributed by atoms with Gasteiger partial charge in [-0.15, -0.1) is 0 Å². The van der Waals surface area contributed by atoms with Gasteiger partial charge in [-0.1, -0.05) is 49.6 Å². The molecule has 0 spiro atoms. The molecule has 1 aliphatic heterocycles. The highest BCUT2D eigenvalue weighted by Crippen LogP contribution is 2.21. The molecule has 17 heavy (non-hydrogen) atoms. The second kappa shape index (κ2) is 7.50. The van der Waals surface area contributed by atoms with E-state index in [2.05, 4.69) is 42.2 Å². The molecular weight excluding hydrogens is 206 g/mol. The van der Waals surface area contributed by atoms with Crippen LogP contribution < -0.4 is 5.32 Å². The highest BCUT2D eigenvalue weighted by atomic mass is 14.9. The standard InChI is InChI=1S/C16H24N/c1-3-7-15(8-4-1)9-5-2-6-10-16-11-13-17-14-12-16/h1,3-4,7-8,13,16-17H,2,5-6,9-12,14H2. The van der Waals surface area contributed by atoms with Crippen molar-refractivity contribution in [3.05, 3.63) is 42.4 Å². The molecule has 1 atom stereocenters. The normalized spacial score (nSPS) is 17.2. The van der Waals surface area contributed by atoms with Crippen LogP contribution in [0.1, 0.15) is 44.1 Å². The van der Waals surface area contributed by atoms with Crippen LogP contribution in [0.25, 0.3) is 0 Å². The molecule has 1 nitrogen and oxygen atoms in total. The third-order valence-electron chi connectivity index (χ3n) is 3.71. The highest BCUT2D eigenvalue weighted by molar-refractivity contribution is 5.14. The molecule has 1 unspecified atom stereocenters. The highest BCUT2D eigenvalue weighted by Gasteiger charge is 2.12. The first-order valence-electron chi connectivity index (χ1n) is 7.04. The molecule has 1 heterocycles. The largest absolute Gasteiger partial charge is 0.312 e. The molecule has 1 aromatic carbocycles. The Morgan fingerprint density at radius 3 is 2.71 bits per heavy atom. The summed E-state index contributed by atoms with van der Waals surface area (Å²) in [6.07, 6.45) is 9.46. The summed E-state index contributed by atoms with van der Waals surface area (Å²) in [6.45, 7) is 3.44. The maximum Gasteiger partial charge on any atom is 0.0223 e. The van der Waals surface area contributed by atoms with E-state index in [0.717, 1.165) is 5.92 Å². The minimum absolute atomic E-state index is 0.952. The predicted octanol–water partition coefficient (Wildman–Crippen LogP) is 3.95. The maximum atomic E-state index is 3.31. The lowest BCUT2D eigenvalue weighted by Gasteiger charge is -2.21. The van der Waals surface area contributed by atoms with E-state index >= 15 is 0 Å². The fourth-order valence-electron chi connectivity index (χ4n) is 2.60. The lowest BCUT2D eigenvalue weighted by atomic mass is 9.92. The molecule has 1 heteroatoms. The van der Waals surface area contributed by atoms with Crippen LogP contribution in [0.5, 0.6) is 0 Å². The topological polar surface area (TPSA) is 12.0 Å². The summed E-state index contributed by atoms with van der Waals surface area (Å²) in [5.41, 5.74) is 1.49. The number of hydrogen-bond acceptors (Lipinski definition) is 1. The van der Waals surface area contributed by atoms with Crippen molar-refractivity contribution in [1.82, 2.24) is 5.32 Å². The van der Waals surface area contributed by atoms with Crippen LogP contribution in [0.3, 0.4) is 0 Å². The van der Waals surface area contributed by atoms with E-state index < -0.39 is 0 Å². The van der Waals surface area contributed by atoms with Crippen LogP contribution in [0.15, 0.2) is 30.3 Å². The molecular formula is C16H24N. The summed E-state index contributed by atoms with van der Waals surface area (Å²) in [5.74, 6) is 0.952. The first kappa shape index (κ1) is 12.6. The average Bonchev–Trinajstić information content (AvgIpc) is 2.41. The molecule has 0 aromatic heterocycles. The molecule has 0 saturated carbocycles. The minimum atomic E-state index is 0.952. The average molecular weight is 230 g/mol. The van der Waals surface area contributed by atoms with Crippen LogP contribution in [0.2, 0.25) is 0 Å². The first-order chi connectivity index (χ1) is 8.45. The van der Waals surface area contributed by atoms with Crippen LogP contribution in [-0.4, -0.2) is 6.54 Å². The van der Waals surface area contributed by atoms with Crippen LogP contribution in [0.4, 0.5) is 0 Å². The molecule has 1 aliphatic rings. The molecule has 1 fully saturated rings. The second-order valence-corrected chi connectivity index (χ2v) is 5.13. The molecule has 93 valence electrons. The van der Waals surface area contributed by atoms with Crippen molar-refractivity contribution in [2.75, 3.05) is 6.54 Å². The van der Waals surface area contributed by atoms with Crippen LogP contribution in [0, 0.1) is 12.5 Å². The van der Waals surface area contributed by atoms with Crippen molar-refractivity contribution in [3.63, 3.8) is 0 Å². The Hall–Kier alpha value is -0.820. The van der Waals surface area contributed by atoms with Gasteiger partial charge < -0.3 is 5.32 Å². The van der Waals surface area contributed by atoms with Gasteiger partial charge in [0.15, 0.2) is 0 Å². The fraction of sp³-hybridized carbons (Fsp3) is 0.562.